The second-order valence-corrected chi connectivity index (χ2v) is 7.31. The van der Waals surface area contributed by atoms with E-state index in [0.717, 1.165) is 28.5 Å². The van der Waals surface area contributed by atoms with E-state index in [-0.39, 0.29) is 23.1 Å². The Morgan fingerprint density at radius 3 is 2.54 bits per heavy atom. The monoisotopic (exact) mass is 382 g/mol. The fourth-order valence-corrected chi connectivity index (χ4v) is 3.07. The Balaban J connectivity index is 1.78. The molecule has 148 valence electrons. The van der Waals surface area contributed by atoms with Crippen LogP contribution in [0.5, 0.6) is 5.75 Å². The van der Waals surface area contributed by atoms with Crippen molar-refractivity contribution < 1.29 is 14.4 Å². The zero-order chi connectivity index (χ0) is 20.3. The maximum absolute atomic E-state index is 12.4. The average Bonchev–Trinajstić information content (AvgIpc) is 2.66. The largest absolute Gasteiger partial charge is 0.733 e. The molecule has 0 saturated carbocycles. The van der Waals surface area contributed by atoms with Crippen molar-refractivity contribution >= 4 is 16.7 Å². The second-order valence-electron chi connectivity index (χ2n) is 7.31. The van der Waals surface area contributed by atoms with Crippen molar-refractivity contribution in [3.63, 3.8) is 0 Å². The molecule has 3 rings (SSSR count). The van der Waals surface area contributed by atoms with E-state index in [4.69, 9.17) is 14.4 Å². The SMILES string of the molecule is Cc1c(CCC(C)C)c(=O)oc2cc(OCc3ccc(N([O-])O)cc3)ccc12. The smallest absolute Gasteiger partial charge is 0.339 e. The summed E-state index contributed by atoms with van der Waals surface area (Å²) in [6.07, 6.45) is 1.65. The lowest BCUT2D eigenvalue weighted by Crippen LogP contribution is -2.11. The van der Waals surface area contributed by atoms with E-state index < -0.39 is 0 Å². The van der Waals surface area contributed by atoms with Crippen LogP contribution in [0.25, 0.3) is 11.0 Å². The van der Waals surface area contributed by atoms with Crippen LogP contribution in [-0.4, -0.2) is 5.21 Å². The molecule has 0 unspecified atom stereocenters. The normalized spacial score (nSPS) is 11.2. The van der Waals surface area contributed by atoms with Crippen LogP contribution >= 0.6 is 0 Å². The Kier molecular flexibility index (Phi) is 6.02. The number of anilines is 1. The minimum atomic E-state index is -0.287. The Hall–Kier alpha value is -2.83. The summed E-state index contributed by atoms with van der Waals surface area (Å²) in [5, 5.41) is 20.4. The summed E-state index contributed by atoms with van der Waals surface area (Å²) in [6.45, 7) is 6.51. The maximum Gasteiger partial charge on any atom is 0.339 e. The van der Waals surface area contributed by atoms with Crippen LogP contribution in [0.4, 0.5) is 5.69 Å². The first-order valence-electron chi connectivity index (χ1n) is 9.29. The molecule has 1 N–H and O–H groups in total. The molecule has 1 heterocycles. The number of ether oxygens (including phenoxy) is 1. The molecule has 0 atom stereocenters. The van der Waals surface area contributed by atoms with E-state index >= 15 is 0 Å². The highest BCUT2D eigenvalue weighted by atomic mass is 16.8. The molecular formula is C22H24NO5-. The number of aryl methyl sites for hydroxylation is 1. The predicted molar refractivity (Wildman–Crippen MR) is 109 cm³/mol. The Morgan fingerprint density at radius 1 is 1.18 bits per heavy atom. The highest BCUT2D eigenvalue weighted by molar-refractivity contribution is 5.82. The van der Waals surface area contributed by atoms with Gasteiger partial charge < -0.3 is 19.6 Å². The third-order valence-electron chi connectivity index (χ3n) is 4.79. The molecule has 0 amide bonds. The molecule has 6 nitrogen and oxygen atoms in total. The minimum Gasteiger partial charge on any atom is -0.733 e. The zero-order valence-corrected chi connectivity index (χ0v) is 16.3. The number of nitrogens with zero attached hydrogens (tertiary/aromatic N) is 1. The van der Waals surface area contributed by atoms with E-state index in [1.807, 2.05) is 19.1 Å². The van der Waals surface area contributed by atoms with Gasteiger partial charge in [-0.2, -0.15) is 0 Å². The molecular weight excluding hydrogens is 358 g/mol. The molecule has 0 saturated heterocycles. The van der Waals surface area contributed by atoms with Crippen LogP contribution < -0.4 is 15.6 Å². The number of hydrogen-bond acceptors (Lipinski definition) is 6. The molecule has 0 aliphatic heterocycles. The number of benzene rings is 2. The lowest BCUT2D eigenvalue weighted by Gasteiger charge is -2.21. The van der Waals surface area contributed by atoms with Gasteiger partial charge >= 0.3 is 5.63 Å². The van der Waals surface area contributed by atoms with E-state index in [1.165, 1.54) is 12.1 Å². The number of hydrogen-bond donors (Lipinski definition) is 1. The molecule has 28 heavy (non-hydrogen) atoms. The maximum atomic E-state index is 12.4. The Labute approximate surface area is 163 Å². The first-order valence-corrected chi connectivity index (χ1v) is 9.29. The molecule has 6 heteroatoms. The molecule has 0 aliphatic rings. The standard InChI is InChI=1S/C22H24NO5/c1-14(2)4-10-20-15(3)19-11-9-18(12-21(19)28-22(20)24)27-13-16-5-7-17(8-6-16)23(25)26/h5-9,11-12,14,25H,4,10,13H2,1-3H3/q-1. The van der Waals surface area contributed by atoms with Gasteiger partial charge in [-0.25, -0.2) is 4.79 Å². The molecule has 0 aliphatic carbocycles. The summed E-state index contributed by atoms with van der Waals surface area (Å²) in [5.74, 6) is 1.11. The van der Waals surface area contributed by atoms with Crippen molar-refractivity contribution in [1.29, 1.82) is 0 Å². The van der Waals surface area contributed by atoms with Crippen molar-refractivity contribution in [2.75, 3.05) is 5.23 Å². The Bertz CT molecular complexity index is 1010. The predicted octanol–water partition coefficient (Wildman–Crippen LogP) is 4.96. The minimum absolute atomic E-state index is 0.153. The van der Waals surface area contributed by atoms with Gasteiger partial charge in [-0.3, -0.25) is 5.21 Å². The van der Waals surface area contributed by atoms with E-state index in [9.17, 15) is 10.0 Å². The van der Waals surface area contributed by atoms with Crippen molar-refractivity contribution in [3.8, 4) is 5.75 Å². The van der Waals surface area contributed by atoms with Gasteiger partial charge in [0.2, 0.25) is 0 Å². The number of fused-ring (bicyclic) bond motifs is 1. The van der Waals surface area contributed by atoms with Crippen LogP contribution in [-0.2, 0) is 13.0 Å². The quantitative estimate of drug-likeness (QED) is 0.459. The van der Waals surface area contributed by atoms with Crippen LogP contribution in [0.15, 0.2) is 51.7 Å². The van der Waals surface area contributed by atoms with Crippen molar-refractivity contribution in [3.05, 3.63) is 74.8 Å². The molecule has 2 aromatic carbocycles. The molecule has 1 aromatic heterocycles. The molecule has 0 fully saturated rings. The summed E-state index contributed by atoms with van der Waals surface area (Å²) in [6, 6.07) is 11.9. The van der Waals surface area contributed by atoms with Gasteiger partial charge in [0.15, 0.2) is 0 Å². The van der Waals surface area contributed by atoms with Crippen LogP contribution in [0.2, 0.25) is 0 Å². The Morgan fingerprint density at radius 2 is 1.89 bits per heavy atom. The summed E-state index contributed by atoms with van der Waals surface area (Å²) >= 11 is 0. The lowest BCUT2D eigenvalue weighted by atomic mass is 9.98. The summed E-state index contributed by atoms with van der Waals surface area (Å²) < 4.78 is 11.3. The first-order chi connectivity index (χ1) is 13.3. The highest BCUT2D eigenvalue weighted by Gasteiger charge is 2.12. The summed E-state index contributed by atoms with van der Waals surface area (Å²) in [7, 11) is 0. The second kappa shape index (κ2) is 8.46. The van der Waals surface area contributed by atoms with Crippen LogP contribution in [0, 0.1) is 18.0 Å². The molecule has 0 bridgehead atoms. The van der Waals surface area contributed by atoms with Gasteiger partial charge in [0.05, 0.1) is 5.69 Å². The third kappa shape index (κ3) is 4.52. The summed E-state index contributed by atoms with van der Waals surface area (Å²) in [4.78, 5) is 12.4. The van der Waals surface area contributed by atoms with E-state index in [1.54, 1.807) is 18.2 Å². The molecule has 0 spiro atoms. The van der Waals surface area contributed by atoms with Crippen molar-refractivity contribution in [1.82, 2.24) is 0 Å². The van der Waals surface area contributed by atoms with Gasteiger partial charge in [-0.05, 0) is 61.1 Å². The van der Waals surface area contributed by atoms with Gasteiger partial charge in [-0.1, -0.05) is 26.0 Å². The van der Waals surface area contributed by atoms with E-state index in [0.29, 0.717) is 23.7 Å². The zero-order valence-electron chi connectivity index (χ0n) is 16.3. The van der Waals surface area contributed by atoms with Crippen LogP contribution in [0.3, 0.4) is 0 Å². The average molecular weight is 382 g/mol. The van der Waals surface area contributed by atoms with Gasteiger partial charge in [0.25, 0.3) is 0 Å². The lowest BCUT2D eigenvalue weighted by molar-refractivity contribution is 0.295. The van der Waals surface area contributed by atoms with Crippen molar-refractivity contribution in [2.24, 2.45) is 5.92 Å². The molecule has 3 aromatic rings. The highest BCUT2D eigenvalue weighted by Crippen LogP contribution is 2.26. The number of rotatable bonds is 7. The van der Waals surface area contributed by atoms with E-state index in [2.05, 4.69) is 13.8 Å². The van der Waals surface area contributed by atoms with Crippen LogP contribution in [0.1, 0.15) is 37.0 Å². The van der Waals surface area contributed by atoms with Gasteiger partial charge in [0.1, 0.15) is 17.9 Å². The fourth-order valence-electron chi connectivity index (χ4n) is 3.07. The topological polar surface area (TPSA) is 86.0 Å². The summed E-state index contributed by atoms with van der Waals surface area (Å²) in [5.41, 5.74) is 2.91. The fraction of sp³-hybridized carbons (Fsp3) is 0.318. The van der Waals surface area contributed by atoms with Gasteiger partial charge in [-0.15, -0.1) is 0 Å². The molecule has 0 radical (unpaired) electrons. The first kappa shape index (κ1) is 19.9. The van der Waals surface area contributed by atoms with Crippen molar-refractivity contribution in [2.45, 2.75) is 40.2 Å². The van der Waals surface area contributed by atoms with Gasteiger partial charge in [0, 0.05) is 17.0 Å². The third-order valence-corrected chi connectivity index (χ3v) is 4.79.